The molecule has 1 radical (unpaired) electrons. The molecule has 385 valence electrons. The molecule has 0 aromatic rings. The maximum Gasteiger partial charge on any atom is 3.00 e. The summed E-state index contributed by atoms with van der Waals surface area (Å²) in [5.74, 6) is 0. The summed E-state index contributed by atoms with van der Waals surface area (Å²) < 4.78 is 31.3. The average molecular weight is 1100 g/mol. The van der Waals surface area contributed by atoms with Crippen molar-refractivity contribution in [2.75, 3.05) is 18.5 Å². The Morgan fingerprint density at radius 3 is 0.391 bits per heavy atom. The van der Waals surface area contributed by atoms with Gasteiger partial charge in [0.15, 0.2) is 0 Å². The number of hydrogen-bond donors (Lipinski definition) is 0. The average Bonchev–Trinajstić information content (AvgIpc) is 3.26. The second-order valence-corrected chi connectivity index (χ2v) is 23.0. The summed E-state index contributed by atoms with van der Waals surface area (Å²) in [6, 6.07) is 0. The molecule has 0 aromatic heterocycles. The van der Waals surface area contributed by atoms with Crippen LogP contribution in [0.4, 0.5) is 0 Å². The summed E-state index contributed by atoms with van der Waals surface area (Å²) in [4.78, 5) is 31.3. The van der Waals surface area contributed by atoms with Crippen molar-refractivity contribution in [1.29, 1.82) is 0 Å². The second kappa shape index (κ2) is 69.2. The smallest absolute Gasteiger partial charge is 0.802 e. The van der Waals surface area contributed by atoms with Gasteiger partial charge in [0.25, 0.3) is 0 Å². The van der Waals surface area contributed by atoms with E-state index in [2.05, 4.69) is 20.8 Å². The van der Waals surface area contributed by atoms with Gasteiger partial charge < -0.3 is 28.4 Å². The van der Waals surface area contributed by atoms with E-state index in [9.17, 15) is 28.4 Å². The van der Waals surface area contributed by atoms with Crippen LogP contribution in [-0.2, 0) is 13.7 Å². The minimum atomic E-state index is -2.45. The SMILES string of the molecule is CCCCCCCCCCCCCCCCCC[PH](=O)[O-].CCCCCCCCCCCCCCCCCC[PH](=O)[O-].CCCCCCCCCCCCCCCCCC[PH](=O)[O-].[Nd+3]. The molecule has 64 heavy (non-hydrogen) atoms. The number of unbranched alkanes of at least 4 members (excludes halogenated alkanes) is 45. The first-order valence-electron chi connectivity index (χ1n) is 28.4. The summed E-state index contributed by atoms with van der Waals surface area (Å²) in [6.45, 7) is 6.82. The second-order valence-electron chi connectivity index (χ2n) is 19.3. The Labute approximate surface area is 437 Å². The molecule has 0 N–H and O–H groups in total. The molecule has 0 bridgehead atoms. The standard InChI is InChI=1S/3C18H39O2P.Nd/c3*1-2-3-4-5-6-7-8-9-10-11-12-13-14-15-16-17-18-21(19)20;/h3*21H,2-18H2,1H3,(H,19,20);/q;;;+3/p-3. The molecule has 0 aliphatic heterocycles. The van der Waals surface area contributed by atoms with Gasteiger partial charge in [-0.3, -0.25) is 0 Å². The van der Waals surface area contributed by atoms with Crippen LogP contribution in [0.2, 0.25) is 0 Å². The molecule has 0 fully saturated rings. The summed E-state index contributed by atoms with van der Waals surface area (Å²) in [5, 5.41) is 0. The Bertz CT molecular complexity index is 775. The van der Waals surface area contributed by atoms with E-state index in [1.807, 2.05) is 0 Å². The normalized spacial score (nSPS) is 12.5. The van der Waals surface area contributed by atoms with E-state index in [1.54, 1.807) is 0 Å². The summed E-state index contributed by atoms with van der Waals surface area (Å²) in [7, 11) is -7.36. The van der Waals surface area contributed by atoms with Crippen LogP contribution in [0.5, 0.6) is 0 Å². The van der Waals surface area contributed by atoms with Gasteiger partial charge in [-0.05, 0) is 37.7 Å². The van der Waals surface area contributed by atoms with Crippen LogP contribution in [0, 0.1) is 40.8 Å². The van der Waals surface area contributed by atoms with Gasteiger partial charge in [0.05, 0.1) is 0 Å². The summed E-state index contributed by atoms with van der Waals surface area (Å²) >= 11 is 0. The molecular formula is C54H114NdO6P3. The molecule has 0 saturated heterocycles. The molecule has 0 aliphatic rings. The zero-order valence-corrected chi connectivity index (χ0v) is 49.7. The molecule has 0 spiro atoms. The molecular weight excluding hydrogens is 982 g/mol. The number of hydrogen-bond acceptors (Lipinski definition) is 6. The van der Waals surface area contributed by atoms with E-state index in [0.717, 1.165) is 38.5 Å². The Hall–Kier alpha value is 1.92. The van der Waals surface area contributed by atoms with Crippen LogP contribution in [-0.4, -0.2) is 18.5 Å². The van der Waals surface area contributed by atoms with Crippen LogP contribution in [0.1, 0.15) is 329 Å². The van der Waals surface area contributed by atoms with E-state index in [0.29, 0.717) is 18.5 Å². The van der Waals surface area contributed by atoms with Crippen LogP contribution < -0.4 is 14.7 Å². The van der Waals surface area contributed by atoms with Gasteiger partial charge in [-0.15, -0.1) is 0 Å². The fourth-order valence-corrected chi connectivity index (χ4v) is 10.1. The van der Waals surface area contributed by atoms with Crippen LogP contribution >= 0.6 is 24.1 Å². The van der Waals surface area contributed by atoms with Crippen molar-refractivity contribution < 1.29 is 69.2 Å². The molecule has 6 nitrogen and oxygen atoms in total. The Morgan fingerprint density at radius 1 is 0.203 bits per heavy atom. The minimum absolute atomic E-state index is 0. The van der Waals surface area contributed by atoms with Crippen molar-refractivity contribution in [2.45, 2.75) is 329 Å². The third-order valence-corrected chi connectivity index (χ3v) is 15.0. The van der Waals surface area contributed by atoms with E-state index in [1.165, 1.54) is 270 Å². The summed E-state index contributed by atoms with van der Waals surface area (Å²) in [6.07, 6.45) is 65.3. The van der Waals surface area contributed by atoms with Gasteiger partial charge in [0.1, 0.15) is 0 Å². The van der Waals surface area contributed by atoms with Crippen LogP contribution in [0.3, 0.4) is 0 Å². The van der Waals surface area contributed by atoms with E-state index < -0.39 is 24.1 Å². The first kappa shape index (κ1) is 72.5. The van der Waals surface area contributed by atoms with E-state index in [4.69, 9.17) is 0 Å². The van der Waals surface area contributed by atoms with Crippen molar-refractivity contribution in [3.05, 3.63) is 0 Å². The molecule has 0 aliphatic carbocycles. The third kappa shape index (κ3) is 80.9. The molecule has 0 rings (SSSR count). The molecule has 0 amide bonds. The largest absolute Gasteiger partial charge is 3.00 e. The maximum atomic E-state index is 10.4. The molecule has 3 atom stereocenters. The zero-order chi connectivity index (χ0) is 46.8. The van der Waals surface area contributed by atoms with Gasteiger partial charge in [-0.25, -0.2) is 0 Å². The fourth-order valence-electron chi connectivity index (χ4n) is 8.45. The van der Waals surface area contributed by atoms with Crippen molar-refractivity contribution >= 4 is 24.1 Å². The molecule has 0 aromatic carbocycles. The predicted molar refractivity (Wildman–Crippen MR) is 280 cm³/mol. The van der Waals surface area contributed by atoms with Crippen molar-refractivity contribution in [3.63, 3.8) is 0 Å². The fraction of sp³-hybridized carbons (Fsp3) is 1.00. The third-order valence-electron chi connectivity index (χ3n) is 12.7. The quantitative estimate of drug-likeness (QED) is 0.0442. The van der Waals surface area contributed by atoms with Crippen molar-refractivity contribution in [2.24, 2.45) is 0 Å². The molecule has 0 heterocycles. The maximum absolute atomic E-state index is 10.4. The number of rotatable bonds is 51. The molecule has 0 saturated carbocycles. The van der Waals surface area contributed by atoms with Gasteiger partial charge in [0, 0.05) is 24.1 Å². The van der Waals surface area contributed by atoms with Gasteiger partial charge in [-0.1, -0.05) is 310 Å². The molecule has 3 unspecified atom stereocenters. The van der Waals surface area contributed by atoms with Gasteiger partial charge in [0.2, 0.25) is 0 Å². The minimum Gasteiger partial charge on any atom is -0.802 e. The van der Waals surface area contributed by atoms with Gasteiger partial charge >= 0.3 is 40.8 Å². The Balaban J connectivity index is -0.000000419. The summed E-state index contributed by atoms with van der Waals surface area (Å²) in [5.41, 5.74) is 0. The van der Waals surface area contributed by atoms with E-state index in [-0.39, 0.29) is 40.8 Å². The van der Waals surface area contributed by atoms with Gasteiger partial charge in [-0.2, -0.15) is 0 Å². The predicted octanol–water partition coefficient (Wildman–Crippen LogP) is 18.2. The van der Waals surface area contributed by atoms with Crippen LogP contribution in [0.15, 0.2) is 0 Å². The Kier molecular flexibility index (Phi) is 78.3. The first-order chi connectivity index (χ1) is 30.8. The van der Waals surface area contributed by atoms with Crippen molar-refractivity contribution in [3.8, 4) is 0 Å². The van der Waals surface area contributed by atoms with Crippen molar-refractivity contribution in [1.82, 2.24) is 0 Å². The van der Waals surface area contributed by atoms with E-state index >= 15 is 0 Å². The molecule has 10 heteroatoms. The van der Waals surface area contributed by atoms with Crippen LogP contribution in [0.25, 0.3) is 0 Å². The monoisotopic (exact) mass is 1090 g/mol. The Morgan fingerprint density at radius 2 is 0.297 bits per heavy atom. The first-order valence-corrected chi connectivity index (χ1v) is 33.0. The topological polar surface area (TPSA) is 120 Å². The zero-order valence-electron chi connectivity index (χ0n) is 43.5.